The summed E-state index contributed by atoms with van der Waals surface area (Å²) in [6.45, 7) is 16.1. The van der Waals surface area contributed by atoms with Crippen LogP contribution in [-0.4, -0.2) is 42.8 Å². The van der Waals surface area contributed by atoms with Gasteiger partial charge in [0.15, 0.2) is 11.5 Å². The predicted molar refractivity (Wildman–Crippen MR) is 111 cm³/mol. The van der Waals surface area contributed by atoms with Gasteiger partial charge in [-0.3, -0.25) is 4.79 Å². The normalized spacial score (nSPS) is 18.4. The maximum atomic E-state index is 13.0. The zero-order chi connectivity index (χ0) is 20.9. The molecule has 0 aromatic heterocycles. The molecule has 3 N–H and O–H groups in total. The molecule has 0 radical (unpaired) electrons. The van der Waals surface area contributed by atoms with Gasteiger partial charge >= 0.3 is 0 Å². The van der Waals surface area contributed by atoms with Crippen molar-refractivity contribution in [2.45, 2.75) is 78.4 Å². The van der Waals surface area contributed by atoms with Crippen LogP contribution in [-0.2, 0) is 0 Å². The van der Waals surface area contributed by atoms with Crippen molar-refractivity contribution < 1.29 is 24.3 Å². The van der Waals surface area contributed by atoms with Gasteiger partial charge in [0.1, 0.15) is 0 Å². The van der Waals surface area contributed by atoms with Gasteiger partial charge in [-0.1, -0.05) is 0 Å². The third kappa shape index (κ3) is 5.77. The number of hydrogen-bond acceptors (Lipinski definition) is 4. The molecule has 2 rings (SSSR count). The molecule has 1 aromatic rings. The molecule has 158 valence electrons. The fourth-order valence-electron chi connectivity index (χ4n) is 4.41. The highest BCUT2D eigenvalue weighted by Gasteiger charge is 2.42. The van der Waals surface area contributed by atoms with Gasteiger partial charge in [-0.15, -0.1) is 0 Å². The number of piperidine rings is 1. The van der Waals surface area contributed by atoms with Gasteiger partial charge in [-0.25, -0.2) is 0 Å². The Labute approximate surface area is 169 Å². The number of amides is 1. The molecule has 1 aromatic carbocycles. The van der Waals surface area contributed by atoms with Gasteiger partial charge in [0.25, 0.3) is 5.91 Å². The molecule has 0 atom stereocenters. The number of hydrogen-bond donors (Lipinski definition) is 2. The quantitative estimate of drug-likeness (QED) is 0.712. The fraction of sp³-hybridized carbons (Fsp3) is 0.682. The first-order valence-electron chi connectivity index (χ1n) is 10.3. The van der Waals surface area contributed by atoms with Gasteiger partial charge in [0.2, 0.25) is 5.75 Å². The Hall–Kier alpha value is -1.95. The third-order valence-electron chi connectivity index (χ3n) is 4.83. The maximum absolute atomic E-state index is 13.0. The minimum atomic E-state index is -0.108. The van der Waals surface area contributed by atoms with Gasteiger partial charge in [-0.2, -0.15) is 0 Å². The summed E-state index contributed by atoms with van der Waals surface area (Å²) in [5, 5.41) is 5.63. The zero-order valence-corrected chi connectivity index (χ0v) is 18.5. The van der Waals surface area contributed by atoms with Crippen molar-refractivity contribution in [3.05, 3.63) is 17.7 Å². The summed E-state index contributed by atoms with van der Waals surface area (Å²) in [6, 6.07) is 3.62. The van der Waals surface area contributed by atoms with Crippen LogP contribution >= 0.6 is 0 Å². The molecule has 1 saturated heterocycles. The summed E-state index contributed by atoms with van der Waals surface area (Å²) in [5.74, 6) is 1.52. The number of quaternary nitrogens is 1. The Morgan fingerprint density at radius 1 is 0.964 bits per heavy atom. The lowest BCUT2D eigenvalue weighted by atomic mass is 9.79. The van der Waals surface area contributed by atoms with E-state index in [0.717, 1.165) is 12.8 Å². The number of nitrogens with one attached hydrogen (secondary N) is 1. The highest BCUT2D eigenvalue weighted by atomic mass is 16.5. The molecule has 1 amide bonds. The minimum absolute atomic E-state index is 0.0888. The molecular formula is C22H37N2O4+. The molecule has 0 spiro atoms. The van der Waals surface area contributed by atoms with E-state index in [2.05, 4.69) is 38.3 Å². The van der Waals surface area contributed by atoms with E-state index in [0.29, 0.717) is 42.6 Å². The molecular weight excluding hydrogens is 356 g/mol. The topological polar surface area (TPSA) is 73.4 Å². The monoisotopic (exact) mass is 393 g/mol. The number of nitrogens with two attached hydrogens (primary N) is 1. The molecule has 6 nitrogen and oxygen atoms in total. The second-order valence-electron chi connectivity index (χ2n) is 8.80. The van der Waals surface area contributed by atoms with E-state index in [-0.39, 0.29) is 23.0 Å². The van der Waals surface area contributed by atoms with Crippen molar-refractivity contribution in [2.75, 3.05) is 19.8 Å². The highest BCUT2D eigenvalue weighted by molar-refractivity contribution is 5.95. The lowest BCUT2D eigenvalue weighted by molar-refractivity contribution is -0.787. The first-order chi connectivity index (χ1) is 13.1. The van der Waals surface area contributed by atoms with E-state index >= 15 is 0 Å². The SMILES string of the molecule is CCOc1cc(C(=O)NC2CC(C)(C)[NH2+]C(C)(C)C2)cc(OCC)c1OCC. The Morgan fingerprint density at radius 2 is 1.43 bits per heavy atom. The number of ether oxygens (including phenoxy) is 3. The molecule has 1 aliphatic heterocycles. The van der Waals surface area contributed by atoms with Crippen LogP contribution in [0.4, 0.5) is 0 Å². The molecule has 0 saturated carbocycles. The lowest BCUT2D eigenvalue weighted by Gasteiger charge is -2.43. The average Bonchev–Trinajstić information content (AvgIpc) is 2.55. The second-order valence-corrected chi connectivity index (χ2v) is 8.80. The van der Waals surface area contributed by atoms with Crippen LogP contribution < -0.4 is 24.8 Å². The van der Waals surface area contributed by atoms with Crippen molar-refractivity contribution >= 4 is 5.91 Å². The smallest absolute Gasteiger partial charge is 0.251 e. The van der Waals surface area contributed by atoms with E-state index < -0.39 is 0 Å². The van der Waals surface area contributed by atoms with Gasteiger partial charge in [0, 0.05) is 24.4 Å². The van der Waals surface area contributed by atoms with Crippen LogP contribution in [0.15, 0.2) is 12.1 Å². The Bertz CT molecular complexity index is 642. The number of rotatable bonds is 8. The zero-order valence-electron chi connectivity index (χ0n) is 18.5. The van der Waals surface area contributed by atoms with Crippen LogP contribution in [0.5, 0.6) is 17.2 Å². The molecule has 1 heterocycles. The van der Waals surface area contributed by atoms with Crippen LogP contribution in [0.2, 0.25) is 0 Å². The van der Waals surface area contributed by atoms with Crippen molar-refractivity contribution in [3.63, 3.8) is 0 Å². The fourth-order valence-corrected chi connectivity index (χ4v) is 4.41. The van der Waals surface area contributed by atoms with Crippen LogP contribution in [0, 0.1) is 0 Å². The molecule has 1 aliphatic rings. The molecule has 0 unspecified atom stereocenters. The van der Waals surface area contributed by atoms with Crippen LogP contribution in [0.3, 0.4) is 0 Å². The number of carbonyl (C=O) groups excluding carboxylic acids is 1. The van der Waals surface area contributed by atoms with Crippen molar-refractivity contribution in [3.8, 4) is 17.2 Å². The Morgan fingerprint density at radius 3 is 1.86 bits per heavy atom. The first-order valence-corrected chi connectivity index (χ1v) is 10.3. The standard InChI is InChI=1S/C22H36N2O4/c1-8-26-17-11-15(12-18(27-9-2)19(17)28-10-3)20(25)23-16-13-21(4,5)24-22(6,7)14-16/h11-12,16,24H,8-10,13-14H2,1-7H3,(H,23,25)/p+1. The summed E-state index contributed by atoms with van der Waals surface area (Å²) >= 11 is 0. The third-order valence-corrected chi connectivity index (χ3v) is 4.83. The van der Waals surface area contributed by atoms with Crippen LogP contribution in [0.25, 0.3) is 0 Å². The lowest BCUT2D eigenvalue weighted by Crippen LogP contribution is -3.06. The second kappa shape index (κ2) is 9.03. The molecule has 1 fully saturated rings. The highest BCUT2D eigenvalue weighted by Crippen LogP contribution is 2.39. The molecule has 0 bridgehead atoms. The van der Waals surface area contributed by atoms with Crippen molar-refractivity contribution in [1.29, 1.82) is 0 Å². The van der Waals surface area contributed by atoms with Crippen molar-refractivity contribution in [2.24, 2.45) is 0 Å². The molecule has 0 aliphatic carbocycles. The molecule has 6 heteroatoms. The van der Waals surface area contributed by atoms with E-state index in [1.54, 1.807) is 12.1 Å². The Balaban J connectivity index is 2.29. The van der Waals surface area contributed by atoms with Crippen molar-refractivity contribution in [1.82, 2.24) is 5.32 Å². The minimum Gasteiger partial charge on any atom is -0.490 e. The van der Waals surface area contributed by atoms with E-state index in [9.17, 15) is 4.79 Å². The van der Waals surface area contributed by atoms with E-state index in [1.807, 2.05) is 20.8 Å². The Kier molecular flexibility index (Phi) is 7.21. The summed E-state index contributed by atoms with van der Waals surface area (Å²) in [5.41, 5.74) is 0.706. The summed E-state index contributed by atoms with van der Waals surface area (Å²) in [7, 11) is 0. The van der Waals surface area contributed by atoms with Crippen LogP contribution in [0.1, 0.15) is 71.7 Å². The average molecular weight is 394 g/mol. The summed E-state index contributed by atoms with van der Waals surface area (Å²) < 4.78 is 17.2. The van der Waals surface area contributed by atoms with Gasteiger partial charge < -0.3 is 24.8 Å². The first kappa shape index (κ1) is 22.3. The summed E-state index contributed by atoms with van der Waals surface area (Å²) in [4.78, 5) is 13.0. The largest absolute Gasteiger partial charge is 0.490 e. The molecule has 28 heavy (non-hydrogen) atoms. The number of benzene rings is 1. The predicted octanol–water partition coefficient (Wildman–Crippen LogP) is 2.90. The maximum Gasteiger partial charge on any atom is 0.251 e. The van der Waals surface area contributed by atoms with Gasteiger partial charge in [-0.05, 0) is 60.6 Å². The summed E-state index contributed by atoms with van der Waals surface area (Å²) in [6.07, 6.45) is 1.85. The number of carbonyl (C=O) groups is 1. The van der Waals surface area contributed by atoms with E-state index in [1.165, 1.54) is 0 Å². The van der Waals surface area contributed by atoms with E-state index in [4.69, 9.17) is 14.2 Å². The van der Waals surface area contributed by atoms with Gasteiger partial charge in [0.05, 0.1) is 30.9 Å².